The van der Waals surface area contributed by atoms with Gasteiger partial charge in [-0.2, -0.15) is 0 Å². The van der Waals surface area contributed by atoms with Gasteiger partial charge in [0.1, 0.15) is 12.6 Å². The Morgan fingerprint density at radius 2 is 1.61 bits per heavy atom. The number of nitrogens with one attached hydrogen (secondary N) is 1. The summed E-state index contributed by atoms with van der Waals surface area (Å²) < 4.78 is 26.8. The molecule has 202 valence electrons. The minimum Gasteiger partial charge on any atom is -0.357 e. The highest BCUT2D eigenvalue weighted by atomic mass is 35.5. The summed E-state index contributed by atoms with van der Waals surface area (Å²) >= 11 is 12.3. The van der Waals surface area contributed by atoms with E-state index < -0.39 is 28.5 Å². The molecule has 0 saturated heterocycles. The molecule has 1 atom stereocenters. The monoisotopic (exact) mass is 575 g/mol. The molecule has 0 saturated carbocycles. The highest BCUT2D eigenvalue weighted by Gasteiger charge is 2.33. The Morgan fingerprint density at radius 1 is 0.921 bits per heavy atom. The topological polar surface area (TPSA) is 86.8 Å². The fourth-order valence-corrected chi connectivity index (χ4v) is 5.46. The van der Waals surface area contributed by atoms with Crippen LogP contribution in [0, 0.1) is 13.8 Å². The summed E-state index contributed by atoms with van der Waals surface area (Å²) in [6.45, 7) is 3.24. The van der Waals surface area contributed by atoms with E-state index in [1.54, 1.807) is 37.3 Å². The Labute approximate surface area is 234 Å². The van der Waals surface area contributed by atoms with E-state index >= 15 is 0 Å². The molecule has 7 nitrogen and oxygen atoms in total. The Kier molecular flexibility index (Phi) is 9.82. The summed E-state index contributed by atoms with van der Waals surface area (Å²) in [7, 11) is -2.33. The Balaban J connectivity index is 2.06. The summed E-state index contributed by atoms with van der Waals surface area (Å²) in [5, 5.41) is 3.31. The lowest BCUT2D eigenvalue weighted by Gasteiger charge is -2.33. The molecular weight excluding hydrogens is 545 g/mol. The van der Waals surface area contributed by atoms with Gasteiger partial charge in [0, 0.05) is 20.0 Å². The fraction of sp³-hybridized carbons (Fsp3) is 0.286. The van der Waals surface area contributed by atoms with Crippen molar-refractivity contribution in [3.8, 4) is 0 Å². The lowest BCUT2D eigenvalue weighted by atomic mass is 10.0. The van der Waals surface area contributed by atoms with Gasteiger partial charge >= 0.3 is 0 Å². The third-order valence-electron chi connectivity index (χ3n) is 6.15. The second-order valence-corrected chi connectivity index (χ2v) is 11.9. The van der Waals surface area contributed by atoms with Crippen molar-refractivity contribution in [3.63, 3.8) is 0 Å². The lowest BCUT2D eigenvalue weighted by Crippen LogP contribution is -2.53. The third-order valence-corrected chi connectivity index (χ3v) is 8.02. The molecule has 3 aromatic carbocycles. The van der Waals surface area contributed by atoms with Crippen LogP contribution in [0.25, 0.3) is 0 Å². The van der Waals surface area contributed by atoms with Crippen LogP contribution in [0.5, 0.6) is 0 Å². The highest BCUT2D eigenvalue weighted by molar-refractivity contribution is 7.92. The molecule has 0 spiro atoms. The standard InChI is InChI=1S/C28H31Cl2N3O4S/c1-19-10-13-25(20(2)14-19)33(38(4,36)37)18-27(34)32(17-22-11-12-23(29)24(30)15-22)26(28(35)31-3)16-21-8-6-5-7-9-21/h5-15,26H,16-18H2,1-4H3,(H,31,35)/t26-/m0/s1. The molecule has 0 aliphatic carbocycles. The van der Waals surface area contributed by atoms with Crippen molar-refractivity contribution in [2.24, 2.45) is 0 Å². The molecule has 2 amide bonds. The van der Waals surface area contributed by atoms with Gasteiger partial charge in [0.2, 0.25) is 21.8 Å². The van der Waals surface area contributed by atoms with Crippen molar-refractivity contribution in [2.45, 2.75) is 32.9 Å². The fourth-order valence-electron chi connectivity index (χ4n) is 4.24. The van der Waals surface area contributed by atoms with Gasteiger partial charge in [-0.05, 0) is 48.7 Å². The molecule has 10 heteroatoms. The van der Waals surface area contributed by atoms with Gasteiger partial charge < -0.3 is 10.2 Å². The molecule has 3 rings (SSSR count). The SMILES string of the molecule is CNC(=O)[C@H](Cc1ccccc1)N(Cc1ccc(Cl)c(Cl)c1)C(=O)CN(c1ccc(C)cc1C)S(C)(=O)=O. The number of likely N-dealkylation sites (N-methyl/N-ethyl adjacent to an activating group) is 1. The average Bonchev–Trinajstić information content (AvgIpc) is 2.86. The van der Waals surface area contributed by atoms with Crippen molar-refractivity contribution in [1.29, 1.82) is 0 Å². The molecule has 0 fully saturated rings. The lowest BCUT2D eigenvalue weighted by molar-refractivity contribution is -0.139. The van der Waals surface area contributed by atoms with Gasteiger partial charge in [-0.15, -0.1) is 0 Å². The van der Waals surface area contributed by atoms with Crippen LogP contribution >= 0.6 is 23.2 Å². The van der Waals surface area contributed by atoms with Crippen molar-refractivity contribution in [3.05, 3.63) is 99.0 Å². The second-order valence-electron chi connectivity index (χ2n) is 9.15. The van der Waals surface area contributed by atoms with Crippen molar-refractivity contribution in [1.82, 2.24) is 10.2 Å². The van der Waals surface area contributed by atoms with Gasteiger partial charge in [0.15, 0.2) is 0 Å². The maximum Gasteiger partial charge on any atom is 0.244 e. The molecular formula is C28H31Cl2N3O4S. The maximum absolute atomic E-state index is 13.9. The normalized spacial score (nSPS) is 12.1. The van der Waals surface area contributed by atoms with Crippen LogP contribution in [0.3, 0.4) is 0 Å². The Morgan fingerprint density at radius 3 is 2.18 bits per heavy atom. The number of rotatable bonds is 10. The summed E-state index contributed by atoms with van der Waals surface area (Å²) in [6, 6.07) is 18.7. The third kappa shape index (κ3) is 7.49. The molecule has 3 aromatic rings. The number of sulfonamides is 1. The Bertz CT molecular complexity index is 1410. The largest absolute Gasteiger partial charge is 0.357 e. The van der Waals surface area contributed by atoms with Crippen LogP contribution in [-0.4, -0.2) is 51.0 Å². The Hall–Kier alpha value is -3.07. The molecule has 0 radical (unpaired) electrons. The number of nitrogens with zero attached hydrogens (tertiary/aromatic N) is 2. The van der Waals surface area contributed by atoms with Crippen LogP contribution < -0.4 is 9.62 Å². The van der Waals surface area contributed by atoms with E-state index in [0.717, 1.165) is 21.7 Å². The first-order valence-electron chi connectivity index (χ1n) is 11.9. The number of halogens is 2. The zero-order valence-corrected chi connectivity index (χ0v) is 24.1. The molecule has 0 aliphatic heterocycles. The minimum atomic E-state index is -3.83. The van der Waals surface area contributed by atoms with Gasteiger partial charge in [-0.1, -0.05) is 77.3 Å². The van der Waals surface area contributed by atoms with Gasteiger partial charge in [0.25, 0.3) is 0 Å². The zero-order valence-electron chi connectivity index (χ0n) is 21.7. The van der Waals surface area contributed by atoms with Gasteiger partial charge in [0.05, 0.1) is 22.0 Å². The number of hydrogen-bond donors (Lipinski definition) is 1. The predicted octanol–water partition coefficient (Wildman–Crippen LogP) is 4.76. The first-order chi connectivity index (χ1) is 17.9. The van der Waals surface area contributed by atoms with E-state index in [4.69, 9.17) is 23.2 Å². The van der Waals surface area contributed by atoms with Crippen molar-refractivity contribution in [2.75, 3.05) is 24.2 Å². The molecule has 0 heterocycles. The molecule has 1 N–H and O–H groups in total. The van der Waals surface area contributed by atoms with Gasteiger partial charge in [-0.25, -0.2) is 8.42 Å². The van der Waals surface area contributed by atoms with E-state index in [0.29, 0.717) is 26.9 Å². The number of anilines is 1. The van der Waals surface area contributed by atoms with Gasteiger partial charge in [-0.3, -0.25) is 13.9 Å². The number of carbonyl (C=O) groups excluding carboxylic acids is 2. The van der Waals surface area contributed by atoms with Crippen LogP contribution in [0.4, 0.5) is 5.69 Å². The molecule has 0 bridgehead atoms. The minimum absolute atomic E-state index is 0.0190. The molecule has 0 aromatic heterocycles. The zero-order chi connectivity index (χ0) is 28.0. The molecule has 0 unspecified atom stereocenters. The van der Waals surface area contributed by atoms with Crippen molar-refractivity contribution < 1.29 is 18.0 Å². The second kappa shape index (κ2) is 12.7. The summed E-state index contributed by atoms with van der Waals surface area (Å²) in [5.41, 5.74) is 3.58. The number of hydrogen-bond acceptors (Lipinski definition) is 4. The molecule has 0 aliphatic rings. The predicted molar refractivity (Wildman–Crippen MR) is 153 cm³/mol. The smallest absolute Gasteiger partial charge is 0.244 e. The first-order valence-corrected chi connectivity index (χ1v) is 14.5. The van der Waals surface area contributed by atoms with Crippen LogP contribution in [0.1, 0.15) is 22.3 Å². The van der Waals surface area contributed by atoms with Crippen molar-refractivity contribution >= 4 is 50.7 Å². The number of aryl methyl sites for hydroxylation is 2. The van der Waals surface area contributed by atoms with E-state index in [2.05, 4.69) is 5.32 Å². The number of carbonyl (C=O) groups is 2. The van der Waals surface area contributed by atoms with Crippen LogP contribution in [0.2, 0.25) is 10.0 Å². The molecule has 38 heavy (non-hydrogen) atoms. The van der Waals surface area contributed by atoms with E-state index in [1.165, 1.54) is 11.9 Å². The summed E-state index contributed by atoms with van der Waals surface area (Å²) in [6.07, 6.45) is 1.29. The average molecular weight is 577 g/mol. The maximum atomic E-state index is 13.9. The quantitative estimate of drug-likeness (QED) is 0.377. The summed E-state index contributed by atoms with van der Waals surface area (Å²) in [5.74, 6) is -0.911. The number of benzene rings is 3. The first kappa shape index (κ1) is 29.5. The van der Waals surface area contributed by atoms with Crippen LogP contribution in [-0.2, 0) is 32.6 Å². The van der Waals surface area contributed by atoms with E-state index in [-0.39, 0.29) is 18.9 Å². The summed E-state index contributed by atoms with van der Waals surface area (Å²) in [4.78, 5) is 28.5. The van der Waals surface area contributed by atoms with E-state index in [9.17, 15) is 18.0 Å². The van der Waals surface area contributed by atoms with E-state index in [1.807, 2.05) is 43.3 Å². The number of amides is 2. The van der Waals surface area contributed by atoms with Crippen LogP contribution in [0.15, 0.2) is 66.7 Å². The highest BCUT2D eigenvalue weighted by Crippen LogP contribution is 2.26.